The maximum Gasteiger partial charge on any atom is 0.0847 e. The first-order valence-electron chi connectivity index (χ1n) is 7.13. The number of nitrogens with zero attached hydrogens (tertiary/aromatic N) is 2. The number of halogens is 1. The standard InChI is InChI=1S/C14H24ClN3S/c1-10-14(15)13(18(2)17-10)8-11(16)9-19-12-6-4-3-5-7-12/h11-12H,3-9,16H2,1-2H3. The van der Waals surface area contributed by atoms with E-state index >= 15 is 0 Å². The zero-order chi connectivity index (χ0) is 13.8. The maximum absolute atomic E-state index is 6.26. The lowest BCUT2D eigenvalue weighted by Crippen LogP contribution is -2.28. The van der Waals surface area contributed by atoms with Gasteiger partial charge in [-0.2, -0.15) is 16.9 Å². The molecule has 1 fully saturated rings. The summed E-state index contributed by atoms with van der Waals surface area (Å²) in [6.45, 7) is 1.94. The van der Waals surface area contributed by atoms with Crippen molar-refractivity contribution in [1.29, 1.82) is 0 Å². The summed E-state index contributed by atoms with van der Waals surface area (Å²) in [6, 6.07) is 0.166. The van der Waals surface area contributed by atoms with E-state index in [2.05, 4.69) is 5.10 Å². The van der Waals surface area contributed by atoms with Crippen LogP contribution in [0, 0.1) is 6.92 Å². The molecule has 0 spiro atoms. The minimum Gasteiger partial charge on any atom is -0.327 e. The van der Waals surface area contributed by atoms with E-state index in [1.54, 1.807) is 0 Å². The van der Waals surface area contributed by atoms with E-state index in [9.17, 15) is 0 Å². The molecule has 3 nitrogen and oxygen atoms in total. The van der Waals surface area contributed by atoms with Crippen LogP contribution in [0.3, 0.4) is 0 Å². The second-order valence-electron chi connectivity index (χ2n) is 5.53. The van der Waals surface area contributed by atoms with Crippen LogP contribution in [0.5, 0.6) is 0 Å². The van der Waals surface area contributed by atoms with Crippen LogP contribution in [-0.2, 0) is 13.5 Å². The number of nitrogens with two attached hydrogens (primary N) is 1. The van der Waals surface area contributed by atoms with E-state index in [0.717, 1.165) is 33.8 Å². The first-order chi connectivity index (χ1) is 9.08. The number of thioether (sulfide) groups is 1. The van der Waals surface area contributed by atoms with E-state index in [0.29, 0.717) is 0 Å². The Bertz CT molecular complexity index is 413. The van der Waals surface area contributed by atoms with E-state index in [4.69, 9.17) is 17.3 Å². The molecule has 0 aliphatic heterocycles. The Hall–Kier alpha value is -0.190. The maximum atomic E-state index is 6.26. The summed E-state index contributed by atoms with van der Waals surface area (Å²) in [5, 5.41) is 5.94. The Balaban J connectivity index is 1.81. The van der Waals surface area contributed by atoms with Gasteiger partial charge in [0.1, 0.15) is 0 Å². The molecule has 108 valence electrons. The van der Waals surface area contributed by atoms with Crippen molar-refractivity contribution in [2.24, 2.45) is 12.8 Å². The monoisotopic (exact) mass is 301 g/mol. The molecule has 0 radical (unpaired) electrons. The van der Waals surface area contributed by atoms with Gasteiger partial charge in [-0.3, -0.25) is 4.68 Å². The third-order valence-electron chi connectivity index (χ3n) is 3.82. The van der Waals surface area contributed by atoms with Crippen LogP contribution in [-0.4, -0.2) is 26.8 Å². The molecule has 1 atom stereocenters. The summed E-state index contributed by atoms with van der Waals surface area (Å²) in [5.41, 5.74) is 8.21. The van der Waals surface area contributed by atoms with Gasteiger partial charge in [0, 0.05) is 30.5 Å². The van der Waals surface area contributed by atoms with Crippen molar-refractivity contribution < 1.29 is 0 Å². The molecule has 0 bridgehead atoms. The molecule has 2 rings (SSSR count). The predicted octanol–water partition coefficient (Wildman–Crippen LogP) is 3.32. The second-order valence-corrected chi connectivity index (χ2v) is 7.24. The molecule has 1 heterocycles. The van der Waals surface area contributed by atoms with Gasteiger partial charge in [-0.25, -0.2) is 0 Å². The average Bonchev–Trinajstić information content (AvgIpc) is 2.64. The van der Waals surface area contributed by atoms with Gasteiger partial charge in [-0.1, -0.05) is 30.9 Å². The molecule has 0 aromatic carbocycles. The van der Waals surface area contributed by atoms with Gasteiger partial charge < -0.3 is 5.73 Å². The fraction of sp³-hybridized carbons (Fsp3) is 0.786. The smallest absolute Gasteiger partial charge is 0.0847 e. The summed E-state index contributed by atoms with van der Waals surface area (Å²) >= 11 is 8.31. The Morgan fingerprint density at radius 3 is 2.68 bits per heavy atom. The molecule has 2 N–H and O–H groups in total. The summed E-state index contributed by atoms with van der Waals surface area (Å²) in [5.74, 6) is 1.02. The average molecular weight is 302 g/mol. The molecule has 1 aliphatic carbocycles. The minimum absolute atomic E-state index is 0.166. The Morgan fingerprint density at radius 1 is 1.42 bits per heavy atom. The molecule has 0 amide bonds. The SMILES string of the molecule is Cc1nn(C)c(CC(N)CSC2CCCCC2)c1Cl. The third kappa shape index (κ3) is 4.14. The molecule has 1 unspecified atom stereocenters. The third-order valence-corrected chi connectivity index (χ3v) is 5.87. The summed E-state index contributed by atoms with van der Waals surface area (Å²) < 4.78 is 1.86. The molecule has 1 aromatic heterocycles. The highest BCUT2D eigenvalue weighted by Crippen LogP contribution is 2.29. The lowest BCUT2D eigenvalue weighted by atomic mass is 10.0. The predicted molar refractivity (Wildman–Crippen MR) is 84.0 cm³/mol. The number of aromatic nitrogens is 2. The van der Waals surface area contributed by atoms with Gasteiger partial charge in [0.15, 0.2) is 0 Å². The summed E-state index contributed by atoms with van der Waals surface area (Å²) in [4.78, 5) is 0. The highest BCUT2D eigenvalue weighted by Gasteiger charge is 2.18. The van der Waals surface area contributed by atoms with Crippen LogP contribution < -0.4 is 5.73 Å². The fourth-order valence-corrected chi connectivity index (χ4v) is 4.24. The van der Waals surface area contributed by atoms with Gasteiger partial charge in [-0.05, 0) is 19.8 Å². The lowest BCUT2D eigenvalue weighted by Gasteiger charge is -2.22. The van der Waals surface area contributed by atoms with Crippen LogP contribution in [0.15, 0.2) is 0 Å². The molecular weight excluding hydrogens is 278 g/mol. The fourth-order valence-electron chi connectivity index (χ4n) is 2.70. The summed E-state index contributed by atoms with van der Waals surface area (Å²) in [7, 11) is 1.94. The Labute approximate surface area is 125 Å². The van der Waals surface area contributed by atoms with Crippen LogP contribution in [0.25, 0.3) is 0 Å². The second kappa shape index (κ2) is 7.00. The molecule has 0 saturated heterocycles. The van der Waals surface area contributed by atoms with Crippen LogP contribution in [0.4, 0.5) is 0 Å². The van der Waals surface area contributed by atoms with Gasteiger partial charge >= 0.3 is 0 Å². The topological polar surface area (TPSA) is 43.8 Å². The highest BCUT2D eigenvalue weighted by atomic mass is 35.5. The van der Waals surface area contributed by atoms with Crippen molar-refractivity contribution in [2.75, 3.05) is 5.75 Å². The normalized spacial score (nSPS) is 18.7. The van der Waals surface area contributed by atoms with Gasteiger partial charge in [0.05, 0.1) is 16.4 Å². The molecule has 1 aromatic rings. The number of hydrogen-bond donors (Lipinski definition) is 1. The van der Waals surface area contributed by atoms with Crippen molar-refractivity contribution in [1.82, 2.24) is 9.78 Å². The van der Waals surface area contributed by atoms with Crippen molar-refractivity contribution >= 4 is 23.4 Å². The van der Waals surface area contributed by atoms with Crippen molar-refractivity contribution in [3.8, 4) is 0 Å². The first-order valence-corrected chi connectivity index (χ1v) is 8.55. The van der Waals surface area contributed by atoms with Crippen molar-refractivity contribution in [3.63, 3.8) is 0 Å². The van der Waals surface area contributed by atoms with E-state index < -0.39 is 0 Å². The molecule has 19 heavy (non-hydrogen) atoms. The molecule has 5 heteroatoms. The number of aryl methyl sites for hydroxylation is 2. The Kier molecular flexibility index (Phi) is 5.60. The highest BCUT2D eigenvalue weighted by molar-refractivity contribution is 7.99. The lowest BCUT2D eigenvalue weighted by molar-refractivity contribution is 0.515. The molecule has 1 saturated carbocycles. The zero-order valence-electron chi connectivity index (χ0n) is 11.9. The van der Waals surface area contributed by atoms with Gasteiger partial charge in [-0.15, -0.1) is 0 Å². The van der Waals surface area contributed by atoms with Crippen LogP contribution in [0.2, 0.25) is 5.02 Å². The van der Waals surface area contributed by atoms with E-state index in [-0.39, 0.29) is 6.04 Å². The van der Waals surface area contributed by atoms with Crippen molar-refractivity contribution in [3.05, 3.63) is 16.4 Å². The largest absolute Gasteiger partial charge is 0.327 e. The number of hydrogen-bond acceptors (Lipinski definition) is 3. The zero-order valence-corrected chi connectivity index (χ0v) is 13.4. The quantitative estimate of drug-likeness (QED) is 0.907. The molecular formula is C14H24ClN3S. The van der Waals surface area contributed by atoms with Gasteiger partial charge in [0.2, 0.25) is 0 Å². The molecule has 1 aliphatic rings. The van der Waals surface area contributed by atoms with E-state index in [1.165, 1.54) is 32.1 Å². The minimum atomic E-state index is 0.166. The number of rotatable bonds is 5. The first kappa shape index (κ1) is 15.2. The van der Waals surface area contributed by atoms with E-state index in [1.807, 2.05) is 30.4 Å². The van der Waals surface area contributed by atoms with Gasteiger partial charge in [0.25, 0.3) is 0 Å². The summed E-state index contributed by atoms with van der Waals surface area (Å²) in [6.07, 6.45) is 7.73. The van der Waals surface area contributed by atoms with Crippen LogP contribution in [0.1, 0.15) is 43.5 Å². The van der Waals surface area contributed by atoms with Crippen LogP contribution >= 0.6 is 23.4 Å². The Morgan fingerprint density at radius 2 is 2.11 bits per heavy atom. The van der Waals surface area contributed by atoms with Crippen molar-refractivity contribution in [2.45, 2.75) is 56.7 Å².